The molecule has 4 heteroatoms. The van der Waals surface area contributed by atoms with Gasteiger partial charge in [0, 0.05) is 22.0 Å². The standard InChI is InChI=1S/C12H12ClNOS/c1-8(15)10-5-4-9(13)7-11(10)16-12-3-2-6-14-12/h4-5,7H,2-3,6H2,1H3. The molecule has 0 aromatic heterocycles. The van der Waals surface area contributed by atoms with Crippen LogP contribution in [0, 0.1) is 0 Å². The predicted molar refractivity (Wildman–Crippen MR) is 68.8 cm³/mol. The molecule has 0 unspecified atom stereocenters. The summed E-state index contributed by atoms with van der Waals surface area (Å²) in [6.45, 7) is 2.47. The zero-order chi connectivity index (χ0) is 11.5. The first-order chi connectivity index (χ1) is 7.66. The second kappa shape index (κ2) is 5.02. The summed E-state index contributed by atoms with van der Waals surface area (Å²) in [5.41, 5.74) is 0.726. The van der Waals surface area contributed by atoms with E-state index in [9.17, 15) is 4.79 Å². The van der Waals surface area contributed by atoms with Crippen molar-refractivity contribution in [2.75, 3.05) is 6.54 Å². The van der Waals surface area contributed by atoms with Gasteiger partial charge in [0.15, 0.2) is 5.78 Å². The molecule has 0 radical (unpaired) electrons. The van der Waals surface area contributed by atoms with Crippen molar-refractivity contribution < 1.29 is 4.79 Å². The summed E-state index contributed by atoms with van der Waals surface area (Å²) in [6, 6.07) is 5.37. The summed E-state index contributed by atoms with van der Waals surface area (Å²) < 4.78 is 0. The number of ketones is 1. The van der Waals surface area contributed by atoms with Gasteiger partial charge < -0.3 is 0 Å². The largest absolute Gasteiger partial charge is 0.294 e. The van der Waals surface area contributed by atoms with Crippen molar-refractivity contribution in [3.8, 4) is 0 Å². The van der Waals surface area contributed by atoms with E-state index >= 15 is 0 Å². The van der Waals surface area contributed by atoms with Gasteiger partial charge in [-0.15, -0.1) is 0 Å². The van der Waals surface area contributed by atoms with Gasteiger partial charge in [0.25, 0.3) is 0 Å². The van der Waals surface area contributed by atoms with Crippen LogP contribution in [0.25, 0.3) is 0 Å². The maximum atomic E-state index is 11.5. The Bertz CT molecular complexity index is 456. The third-order valence-electron chi connectivity index (χ3n) is 2.39. The molecular weight excluding hydrogens is 242 g/mol. The van der Waals surface area contributed by atoms with E-state index in [0.29, 0.717) is 5.02 Å². The second-order valence-corrected chi connectivity index (χ2v) is 5.23. The average Bonchev–Trinajstić information content (AvgIpc) is 2.70. The van der Waals surface area contributed by atoms with Gasteiger partial charge in [0.2, 0.25) is 0 Å². The summed E-state index contributed by atoms with van der Waals surface area (Å²) in [6.07, 6.45) is 2.12. The van der Waals surface area contributed by atoms with Crippen LogP contribution in [0.4, 0.5) is 0 Å². The molecule has 0 aliphatic carbocycles. The topological polar surface area (TPSA) is 29.4 Å². The fourth-order valence-electron chi connectivity index (χ4n) is 1.59. The smallest absolute Gasteiger partial charge is 0.160 e. The molecule has 0 bridgehead atoms. The quantitative estimate of drug-likeness (QED) is 0.750. The maximum Gasteiger partial charge on any atom is 0.160 e. The molecule has 0 saturated heterocycles. The molecule has 1 aliphatic heterocycles. The normalized spacial score (nSPS) is 15.0. The Morgan fingerprint density at radius 1 is 1.50 bits per heavy atom. The number of Topliss-reactive ketones (excluding diaryl/α,β-unsaturated/α-hetero) is 1. The molecule has 1 heterocycles. The summed E-state index contributed by atoms with van der Waals surface area (Å²) in [4.78, 5) is 16.8. The lowest BCUT2D eigenvalue weighted by Gasteiger charge is -2.06. The van der Waals surface area contributed by atoms with Gasteiger partial charge in [-0.05, 0) is 38.0 Å². The maximum absolute atomic E-state index is 11.5. The molecule has 0 fully saturated rings. The van der Waals surface area contributed by atoms with Crippen LogP contribution < -0.4 is 0 Å². The molecule has 1 aromatic rings. The second-order valence-electron chi connectivity index (χ2n) is 3.68. The average molecular weight is 254 g/mol. The predicted octanol–water partition coefficient (Wildman–Crippen LogP) is 3.83. The van der Waals surface area contributed by atoms with Gasteiger partial charge in [-0.3, -0.25) is 9.79 Å². The van der Waals surface area contributed by atoms with Gasteiger partial charge in [-0.25, -0.2) is 0 Å². The Kier molecular flexibility index (Phi) is 3.66. The van der Waals surface area contributed by atoms with E-state index in [4.69, 9.17) is 11.6 Å². The van der Waals surface area contributed by atoms with Gasteiger partial charge in [-0.2, -0.15) is 0 Å². The summed E-state index contributed by atoms with van der Waals surface area (Å²) >= 11 is 7.51. The molecule has 0 amide bonds. The van der Waals surface area contributed by atoms with Gasteiger partial charge in [0.05, 0.1) is 5.04 Å². The van der Waals surface area contributed by atoms with Crippen LogP contribution in [-0.2, 0) is 0 Å². The number of hydrogen-bond acceptors (Lipinski definition) is 3. The first-order valence-corrected chi connectivity index (χ1v) is 6.38. The number of aliphatic imine (C=N–C) groups is 1. The van der Waals surface area contributed by atoms with E-state index in [0.717, 1.165) is 34.9 Å². The molecule has 2 rings (SSSR count). The van der Waals surface area contributed by atoms with Crippen molar-refractivity contribution in [3.05, 3.63) is 28.8 Å². The molecule has 1 aromatic carbocycles. The minimum Gasteiger partial charge on any atom is -0.294 e. The van der Waals surface area contributed by atoms with Crippen molar-refractivity contribution in [2.24, 2.45) is 4.99 Å². The molecule has 0 spiro atoms. The number of halogens is 1. The highest BCUT2D eigenvalue weighted by Gasteiger charge is 2.13. The van der Waals surface area contributed by atoms with Crippen LogP contribution in [0.15, 0.2) is 28.1 Å². The fourth-order valence-corrected chi connectivity index (χ4v) is 3.00. The fraction of sp³-hybridized carbons (Fsp3) is 0.333. The van der Waals surface area contributed by atoms with E-state index in [1.165, 1.54) is 0 Å². The number of hydrogen-bond donors (Lipinski definition) is 0. The first-order valence-electron chi connectivity index (χ1n) is 5.18. The highest BCUT2D eigenvalue weighted by molar-refractivity contribution is 8.14. The lowest BCUT2D eigenvalue weighted by molar-refractivity contribution is 0.101. The van der Waals surface area contributed by atoms with Crippen LogP contribution in [0.2, 0.25) is 5.02 Å². The first kappa shape index (κ1) is 11.7. The number of carbonyl (C=O) groups is 1. The number of rotatable bonds is 2. The summed E-state index contributed by atoms with van der Waals surface area (Å²) in [7, 11) is 0. The highest BCUT2D eigenvalue weighted by Crippen LogP contribution is 2.30. The number of carbonyl (C=O) groups excluding carboxylic acids is 1. The number of nitrogens with zero attached hydrogens (tertiary/aromatic N) is 1. The summed E-state index contributed by atoms with van der Waals surface area (Å²) in [5.74, 6) is 0.0674. The Morgan fingerprint density at radius 2 is 2.31 bits per heavy atom. The number of benzene rings is 1. The molecular formula is C12H12ClNOS. The van der Waals surface area contributed by atoms with Crippen molar-refractivity contribution in [1.82, 2.24) is 0 Å². The SMILES string of the molecule is CC(=O)c1ccc(Cl)cc1SC1=NCCC1. The Hall–Kier alpha value is -0.800. The van der Waals surface area contributed by atoms with E-state index in [2.05, 4.69) is 4.99 Å². The van der Waals surface area contributed by atoms with Crippen LogP contribution in [0.3, 0.4) is 0 Å². The van der Waals surface area contributed by atoms with Crippen molar-refractivity contribution in [1.29, 1.82) is 0 Å². The van der Waals surface area contributed by atoms with E-state index in [1.807, 2.05) is 6.07 Å². The molecule has 16 heavy (non-hydrogen) atoms. The monoisotopic (exact) mass is 253 g/mol. The number of thioether (sulfide) groups is 1. The molecule has 2 nitrogen and oxygen atoms in total. The molecule has 84 valence electrons. The lowest BCUT2D eigenvalue weighted by Crippen LogP contribution is -1.97. The minimum atomic E-state index is 0.0674. The van der Waals surface area contributed by atoms with E-state index in [-0.39, 0.29) is 5.78 Å². The molecule has 0 saturated carbocycles. The van der Waals surface area contributed by atoms with Crippen LogP contribution >= 0.6 is 23.4 Å². The van der Waals surface area contributed by atoms with Gasteiger partial charge in [-0.1, -0.05) is 23.4 Å². The van der Waals surface area contributed by atoms with Crippen LogP contribution in [0.1, 0.15) is 30.1 Å². The lowest BCUT2D eigenvalue weighted by atomic mass is 10.1. The van der Waals surface area contributed by atoms with E-state index < -0.39 is 0 Å². The Balaban J connectivity index is 2.30. The van der Waals surface area contributed by atoms with Crippen molar-refractivity contribution in [2.45, 2.75) is 24.7 Å². The Labute approximate surface area is 104 Å². The zero-order valence-corrected chi connectivity index (χ0v) is 10.6. The van der Waals surface area contributed by atoms with Crippen LogP contribution in [0.5, 0.6) is 0 Å². The van der Waals surface area contributed by atoms with Gasteiger partial charge in [0.1, 0.15) is 0 Å². The zero-order valence-electron chi connectivity index (χ0n) is 9.00. The highest BCUT2D eigenvalue weighted by atomic mass is 35.5. The third kappa shape index (κ3) is 2.66. The van der Waals surface area contributed by atoms with Gasteiger partial charge >= 0.3 is 0 Å². The Morgan fingerprint density at radius 3 is 2.94 bits per heavy atom. The minimum absolute atomic E-state index is 0.0674. The van der Waals surface area contributed by atoms with Crippen molar-refractivity contribution >= 4 is 34.2 Å². The molecule has 1 aliphatic rings. The molecule has 0 atom stereocenters. The molecule has 0 N–H and O–H groups in total. The third-order valence-corrected chi connectivity index (χ3v) is 3.75. The van der Waals surface area contributed by atoms with Crippen LogP contribution in [-0.4, -0.2) is 17.4 Å². The van der Waals surface area contributed by atoms with Crippen molar-refractivity contribution in [3.63, 3.8) is 0 Å². The summed E-state index contributed by atoms with van der Waals surface area (Å²) in [5, 5.41) is 1.76. The van der Waals surface area contributed by atoms with E-state index in [1.54, 1.807) is 30.8 Å².